The van der Waals surface area contributed by atoms with Crippen LogP contribution in [0, 0.1) is 5.92 Å². The fourth-order valence-electron chi connectivity index (χ4n) is 3.08. The third-order valence-electron chi connectivity index (χ3n) is 4.85. The Morgan fingerprint density at radius 1 is 1.30 bits per heavy atom. The van der Waals surface area contributed by atoms with Crippen molar-refractivity contribution in [2.45, 2.75) is 70.4 Å². The molecule has 0 aromatic heterocycles. The Morgan fingerprint density at radius 2 is 1.85 bits per heavy atom. The highest BCUT2D eigenvalue weighted by atomic mass is 16.4. The summed E-state index contributed by atoms with van der Waals surface area (Å²) < 4.78 is 0. The molecule has 5 nitrogen and oxygen atoms in total. The molecular formula is C15H28N2O3. The maximum Gasteiger partial charge on any atom is 0.305 e. The van der Waals surface area contributed by atoms with Crippen LogP contribution in [0.5, 0.6) is 0 Å². The lowest BCUT2D eigenvalue weighted by molar-refractivity contribution is -0.147. The van der Waals surface area contributed by atoms with Gasteiger partial charge in [-0.15, -0.1) is 0 Å². The van der Waals surface area contributed by atoms with Gasteiger partial charge in [-0.2, -0.15) is 0 Å². The number of nitrogens with zero attached hydrogens (tertiary/aromatic N) is 1. The third-order valence-corrected chi connectivity index (χ3v) is 4.85. The molecule has 0 radical (unpaired) electrons. The van der Waals surface area contributed by atoms with Gasteiger partial charge in [-0.05, 0) is 18.8 Å². The number of rotatable bonds is 6. The zero-order valence-corrected chi connectivity index (χ0v) is 12.9. The van der Waals surface area contributed by atoms with Gasteiger partial charge in [-0.3, -0.25) is 9.59 Å². The highest BCUT2D eigenvalue weighted by molar-refractivity contribution is 5.83. The lowest BCUT2D eigenvalue weighted by Crippen LogP contribution is -2.57. The zero-order chi connectivity index (χ0) is 15.3. The molecule has 20 heavy (non-hydrogen) atoms. The molecule has 1 aliphatic carbocycles. The predicted molar refractivity (Wildman–Crippen MR) is 78.3 cm³/mol. The molecule has 1 unspecified atom stereocenters. The Kier molecular flexibility index (Phi) is 5.99. The lowest BCUT2D eigenvalue weighted by Gasteiger charge is -2.45. The Hall–Kier alpha value is -1.10. The van der Waals surface area contributed by atoms with Crippen molar-refractivity contribution < 1.29 is 14.7 Å². The summed E-state index contributed by atoms with van der Waals surface area (Å²) in [5.41, 5.74) is 5.48. The van der Waals surface area contributed by atoms with Crippen molar-refractivity contribution in [1.82, 2.24) is 4.90 Å². The summed E-state index contributed by atoms with van der Waals surface area (Å²) in [5, 5.41) is 9.19. The first kappa shape index (κ1) is 17.0. The van der Waals surface area contributed by atoms with E-state index in [0.717, 1.165) is 38.5 Å². The summed E-state index contributed by atoms with van der Waals surface area (Å²) in [6.07, 6.45) is 5.44. The van der Waals surface area contributed by atoms with Crippen LogP contribution in [0.3, 0.4) is 0 Å². The number of hydrogen-bond donors (Lipinski definition) is 2. The molecule has 0 saturated heterocycles. The van der Waals surface area contributed by atoms with Gasteiger partial charge in [-0.1, -0.05) is 39.5 Å². The molecule has 1 rings (SSSR count). The number of nitrogens with two attached hydrogens (primary N) is 1. The molecule has 0 aliphatic heterocycles. The van der Waals surface area contributed by atoms with Crippen LogP contribution in [0.4, 0.5) is 0 Å². The number of carbonyl (C=O) groups excluding carboxylic acids is 1. The molecule has 0 heterocycles. The lowest BCUT2D eigenvalue weighted by atomic mass is 9.77. The monoisotopic (exact) mass is 284 g/mol. The maximum absolute atomic E-state index is 12.5. The van der Waals surface area contributed by atoms with Crippen molar-refractivity contribution in [2.24, 2.45) is 11.7 Å². The molecule has 0 aromatic carbocycles. The van der Waals surface area contributed by atoms with Crippen LogP contribution in [0.15, 0.2) is 0 Å². The van der Waals surface area contributed by atoms with Crippen molar-refractivity contribution in [1.29, 1.82) is 0 Å². The molecule has 5 heteroatoms. The largest absolute Gasteiger partial charge is 0.481 e. The number of amides is 1. The van der Waals surface area contributed by atoms with Gasteiger partial charge in [0.15, 0.2) is 0 Å². The van der Waals surface area contributed by atoms with E-state index in [1.807, 2.05) is 13.8 Å². The predicted octanol–water partition coefficient (Wildman–Crippen LogP) is 2.00. The minimum atomic E-state index is -0.844. The van der Waals surface area contributed by atoms with Crippen molar-refractivity contribution in [3.05, 3.63) is 0 Å². The van der Waals surface area contributed by atoms with Gasteiger partial charge < -0.3 is 15.7 Å². The van der Waals surface area contributed by atoms with Crippen LogP contribution >= 0.6 is 0 Å². The van der Waals surface area contributed by atoms with Gasteiger partial charge in [0.05, 0.1) is 18.0 Å². The van der Waals surface area contributed by atoms with Crippen molar-refractivity contribution in [2.75, 3.05) is 7.05 Å². The van der Waals surface area contributed by atoms with E-state index in [0.29, 0.717) is 0 Å². The molecule has 2 atom stereocenters. The highest BCUT2D eigenvalue weighted by Crippen LogP contribution is 2.36. The van der Waals surface area contributed by atoms with E-state index in [9.17, 15) is 14.7 Å². The first-order chi connectivity index (χ1) is 9.34. The van der Waals surface area contributed by atoms with E-state index >= 15 is 0 Å². The van der Waals surface area contributed by atoms with Gasteiger partial charge in [0.1, 0.15) is 0 Å². The van der Waals surface area contributed by atoms with Crippen LogP contribution < -0.4 is 5.73 Å². The molecule has 1 amide bonds. The van der Waals surface area contributed by atoms with E-state index in [1.54, 1.807) is 11.9 Å². The second-order valence-electron chi connectivity index (χ2n) is 6.16. The van der Waals surface area contributed by atoms with Gasteiger partial charge >= 0.3 is 5.97 Å². The summed E-state index contributed by atoms with van der Waals surface area (Å²) >= 11 is 0. The van der Waals surface area contributed by atoms with Gasteiger partial charge in [0.25, 0.3) is 0 Å². The van der Waals surface area contributed by atoms with Crippen molar-refractivity contribution in [3.63, 3.8) is 0 Å². The minimum Gasteiger partial charge on any atom is -0.481 e. The fraction of sp³-hybridized carbons (Fsp3) is 0.867. The van der Waals surface area contributed by atoms with Gasteiger partial charge in [0.2, 0.25) is 5.91 Å². The average Bonchev–Trinajstić information content (AvgIpc) is 2.44. The van der Waals surface area contributed by atoms with Gasteiger partial charge in [-0.25, -0.2) is 0 Å². The fourth-order valence-corrected chi connectivity index (χ4v) is 3.08. The SMILES string of the molecule is CCC(C)[C@H](N)C(=O)N(C)C1(CC(=O)O)CCCCC1. The van der Waals surface area contributed by atoms with Crippen LogP contribution in [0.25, 0.3) is 0 Å². The van der Waals surface area contributed by atoms with Crippen LogP contribution in [0.1, 0.15) is 58.8 Å². The molecular weight excluding hydrogens is 256 g/mol. The second kappa shape index (κ2) is 7.07. The summed E-state index contributed by atoms with van der Waals surface area (Å²) in [4.78, 5) is 25.4. The van der Waals surface area contributed by atoms with Crippen molar-refractivity contribution in [3.8, 4) is 0 Å². The van der Waals surface area contributed by atoms with Crippen LogP contribution in [0.2, 0.25) is 0 Å². The summed E-state index contributed by atoms with van der Waals surface area (Å²) in [5.74, 6) is -0.860. The van der Waals surface area contributed by atoms with E-state index in [4.69, 9.17) is 5.73 Å². The number of carbonyl (C=O) groups is 2. The van der Waals surface area contributed by atoms with E-state index in [-0.39, 0.29) is 18.2 Å². The van der Waals surface area contributed by atoms with Crippen LogP contribution in [-0.2, 0) is 9.59 Å². The standard InChI is InChI=1S/C15H28N2O3/c1-4-11(2)13(16)14(20)17(3)15(10-12(18)19)8-6-5-7-9-15/h11,13H,4-10,16H2,1-3H3,(H,18,19)/t11?,13-/m0/s1. The molecule has 0 bridgehead atoms. The second-order valence-corrected chi connectivity index (χ2v) is 6.16. The summed E-state index contributed by atoms with van der Waals surface area (Å²) in [7, 11) is 1.72. The number of hydrogen-bond acceptors (Lipinski definition) is 3. The van der Waals surface area contributed by atoms with Crippen LogP contribution in [-0.4, -0.2) is 40.5 Å². The smallest absolute Gasteiger partial charge is 0.305 e. The number of likely N-dealkylation sites (N-methyl/N-ethyl adjacent to an activating group) is 1. The Balaban J connectivity index is 2.89. The first-order valence-corrected chi connectivity index (χ1v) is 7.59. The highest BCUT2D eigenvalue weighted by Gasteiger charge is 2.42. The molecule has 0 aromatic rings. The summed E-state index contributed by atoms with van der Waals surface area (Å²) in [6, 6.07) is -0.544. The normalized spacial score (nSPS) is 21.0. The molecule has 3 N–H and O–H groups in total. The number of carboxylic acids is 1. The third kappa shape index (κ3) is 3.72. The average molecular weight is 284 g/mol. The first-order valence-electron chi connectivity index (χ1n) is 7.59. The number of aliphatic carboxylic acids is 1. The van der Waals surface area contributed by atoms with E-state index in [1.165, 1.54) is 0 Å². The molecule has 116 valence electrons. The number of carboxylic acid groups (broad SMARTS) is 1. The van der Waals surface area contributed by atoms with Crippen molar-refractivity contribution >= 4 is 11.9 Å². The molecule has 1 saturated carbocycles. The molecule has 1 fully saturated rings. The zero-order valence-electron chi connectivity index (χ0n) is 12.9. The Labute approximate surface area is 121 Å². The van der Waals surface area contributed by atoms with E-state index < -0.39 is 17.6 Å². The topological polar surface area (TPSA) is 83.6 Å². The quantitative estimate of drug-likeness (QED) is 0.781. The molecule has 1 aliphatic rings. The maximum atomic E-state index is 12.5. The molecule has 0 spiro atoms. The van der Waals surface area contributed by atoms with E-state index in [2.05, 4.69) is 0 Å². The Morgan fingerprint density at radius 3 is 2.30 bits per heavy atom. The Bertz CT molecular complexity index is 351. The minimum absolute atomic E-state index is 0.0163. The summed E-state index contributed by atoms with van der Waals surface area (Å²) in [6.45, 7) is 3.96. The van der Waals surface area contributed by atoms with Gasteiger partial charge in [0, 0.05) is 7.05 Å².